The molecule has 1 N–H and O–H groups in total. The van der Waals surface area contributed by atoms with Crippen LogP contribution in [0.5, 0.6) is 0 Å². The van der Waals surface area contributed by atoms with E-state index in [4.69, 9.17) is 25.9 Å². The van der Waals surface area contributed by atoms with Crippen molar-refractivity contribution in [3.05, 3.63) is 69.3 Å². The molecule has 4 rings (SSSR count). The van der Waals surface area contributed by atoms with Gasteiger partial charge in [-0.2, -0.15) is 0 Å². The van der Waals surface area contributed by atoms with Crippen LogP contribution in [0, 0.1) is 5.82 Å². The molecule has 32 heavy (non-hydrogen) atoms. The molecule has 168 valence electrons. The third kappa shape index (κ3) is 5.73. The maximum atomic E-state index is 13.4. The second-order valence-electron chi connectivity index (χ2n) is 7.48. The number of aryl methyl sites for hydroxylation is 1. The zero-order chi connectivity index (χ0) is 23.1. The number of rotatable bonds is 4. The SMILES string of the molecule is O=C(CCc1ccc2c(-c3ccc(F)cc3Cl)cc(=O)oc2c1)N1CCCCC1.O=CO. The Morgan fingerprint density at radius 2 is 1.81 bits per heavy atom. The zero-order valence-corrected chi connectivity index (χ0v) is 18.1. The third-order valence-corrected chi connectivity index (χ3v) is 5.68. The number of halogens is 2. The molecule has 6 nitrogen and oxygen atoms in total. The predicted octanol–water partition coefficient (Wildman–Crippen LogP) is 4.90. The predicted molar refractivity (Wildman–Crippen MR) is 120 cm³/mol. The molecule has 1 fully saturated rings. The molecule has 0 spiro atoms. The number of carbonyl (C=O) groups is 2. The van der Waals surface area contributed by atoms with Gasteiger partial charge in [-0.3, -0.25) is 9.59 Å². The van der Waals surface area contributed by atoms with Gasteiger partial charge in [-0.15, -0.1) is 0 Å². The van der Waals surface area contributed by atoms with Crippen LogP contribution in [-0.4, -0.2) is 35.5 Å². The molecular formula is C24H23ClFNO5. The molecular weight excluding hydrogens is 437 g/mol. The van der Waals surface area contributed by atoms with Crippen LogP contribution < -0.4 is 5.63 Å². The van der Waals surface area contributed by atoms with Gasteiger partial charge < -0.3 is 14.4 Å². The van der Waals surface area contributed by atoms with Crippen molar-refractivity contribution in [2.45, 2.75) is 32.1 Å². The summed E-state index contributed by atoms with van der Waals surface area (Å²) >= 11 is 6.19. The van der Waals surface area contributed by atoms with Crippen LogP contribution in [-0.2, 0) is 16.0 Å². The summed E-state index contributed by atoms with van der Waals surface area (Å²) in [6.45, 7) is 1.43. The highest BCUT2D eigenvalue weighted by molar-refractivity contribution is 6.33. The lowest BCUT2D eigenvalue weighted by atomic mass is 9.99. The Morgan fingerprint density at radius 1 is 1.09 bits per heavy atom. The van der Waals surface area contributed by atoms with E-state index in [-0.39, 0.29) is 17.4 Å². The van der Waals surface area contributed by atoms with Gasteiger partial charge in [0, 0.05) is 42.1 Å². The van der Waals surface area contributed by atoms with E-state index in [1.54, 1.807) is 12.1 Å². The molecule has 1 amide bonds. The van der Waals surface area contributed by atoms with Crippen molar-refractivity contribution in [2.24, 2.45) is 0 Å². The Hall–Kier alpha value is -3.19. The van der Waals surface area contributed by atoms with E-state index in [0.717, 1.165) is 31.5 Å². The van der Waals surface area contributed by atoms with Crippen LogP contribution in [0.15, 0.2) is 51.7 Å². The summed E-state index contributed by atoms with van der Waals surface area (Å²) in [5, 5.41) is 7.83. The summed E-state index contributed by atoms with van der Waals surface area (Å²) in [4.78, 5) is 34.8. The topological polar surface area (TPSA) is 87.8 Å². The zero-order valence-electron chi connectivity index (χ0n) is 17.4. The number of nitrogens with zero attached hydrogens (tertiary/aromatic N) is 1. The van der Waals surface area contributed by atoms with E-state index < -0.39 is 11.4 Å². The van der Waals surface area contributed by atoms with E-state index in [1.165, 1.54) is 24.6 Å². The van der Waals surface area contributed by atoms with Crippen molar-refractivity contribution in [3.63, 3.8) is 0 Å². The number of hydrogen-bond acceptors (Lipinski definition) is 4. The Kier molecular flexibility index (Phi) is 8.00. The number of amides is 1. The van der Waals surface area contributed by atoms with Crippen LogP contribution in [0.3, 0.4) is 0 Å². The monoisotopic (exact) mass is 459 g/mol. The molecule has 3 aromatic rings. The number of fused-ring (bicyclic) bond motifs is 1. The van der Waals surface area contributed by atoms with Gasteiger partial charge >= 0.3 is 5.63 Å². The number of likely N-dealkylation sites (tertiary alicyclic amines) is 1. The first-order valence-corrected chi connectivity index (χ1v) is 10.7. The molecule has 0 atom stereocenters. The Labute approximate surface area is 189 Å². The molecule has 2 heterocycles. The first kappa shape index (κ1) is 23.5. The fourth-order valence-corrected chi connectivity index (χ4v) is 4.12. The van der Waals surface area contributed by atoms with Gasteiger partial charge in [0.1, 0.15) is 11.4 Å². The minimum atomic E-state index is -0.505. The van der Waals surface area contributed by atoms with Crippen LogP contribution >= 0.6 is 11.6 Å². The summed E-state index contributed by atoms with van der Waals surface area (Å²) < 4.78 is 18.8. The quantitative estimate of drug-likeness (QED) is 0.443. The first-order chi connectivity index (χ1) is 15.4. The van der Waals surface area contributed by atoms with Crippen LogP contribution in [0.4, 0.5) is 4.39 Å². The molecule has 0 unspecified atom stereocenters. The van der Waals surface area contributed by atoms with Crippen molar-refractivity contribution in [1.82, 2.24) is 4.90 Å². The minimum Gasteiger partial charge on any atom is -0.483 e. The van der Waals surface area contributed by atoms with Crippen LogP contribution in [0.2, 0.25) is 5.02 Å². The molecule has 0 radical (unpaired) electrons. The average Bonchev–Trinajstić information content (AvgIpc) is 2.78. The first-order valence-electron chi connectivity index (χ1n) is 10.3. The highest BCUT2D eigenvalue weighted by Crippen LogP contribution is 2.33. The van der Waals surface area contributed by atoms with Crippen molar-refractivity contribution >= 4 is 34.9 Å². The molecule has 0 aliphatic carbocycles. The Balaban J connectivity index is 0.000000913. The summed E-state index contributed by atoms with van der Waals surface area (Å²) in [7, 11) is 0. The minimum absolute atomic E-state index is 0.165. The lowest BCUT2D eigenvalue weighted by Gasteiger charge is -2.26. The fourth-order valence-electron chi connectivity index (χ4n) is 3.85. The number of piperidine rings is 1. The largest absolute Gasteiger partial charge is 0.483 e. The fraction of sp³-hybridized carbons (Fsp3) is 0.292. The van der Waals surface area contributed by atoms with E-state index in [2.05, 4.69) is 0 Å². The van der Waals surface area contributed by atoms with Gasteiger partial charge in [-0.25, -0.2) is 9.18 Å². The van der Waals surface area contributed by atoms with Crippen molar-refractivity contribution in [3.8, 4) is 11.1 Å². The van der Waals surface area contributed by atoms with Gasteiger partial charge in [0.15, 0.2) is 0 Å². The number of carboxylic acid groups (broad SMARTS) is 1. The number of carbonyl (C=O) groups excluding carboxylic acids is 1. The van der Waals surface area contributed by atoms with Crippen molar-refractivity contribution < 1.29 is 23.5 Å². The van der Waals surface area contributed by atoms with E-state index in [1.807, 2.05) is 17.0 Å². The number of hydrogen-bond donors (Lipinski definition) is 1. The normalized spacial score (nSPS) is 13.4. The standard InChI is InChI=1S/C23H21ClFNO3.CH2O2/c24-20-13-16(25)6-8-17(20)19-14-23(28)29-21-12-15(4-7-18(19)21)5-9-22(27)26-10-2-1-3-11-26;2-1-3/h4,6-8,12-14H,1-3,5,9-11H2;1H,(H,2,3). The van der Waals surface area contributed by atoms with Crippen LogP contribution in [0.25, 0.3) is 22.1 Å². The van der Waals surface area contributed by atoms with Crippen LogP contribution in [0.1, 0.15) is 31.2 Å². The highest BCUT2D eigenvalue weighted by atomic mass is 35.5. The van der Waals surface area contributed by atoms with Crippen molar-refractivity contribution in [1.29, 1.82) is 0 Å². The summed E-state index contributed by atoms with van der Waals surface area (Å²) in [6, 6.07) is 11.0. The molecule has 1 aliphatic rings. The Bertz CT molecular complexity index is 1170. The maximum Gasteiger partial charge on any atom is 0.336 e. The van der Waals surface area contributed by atoms with Gasteiger partial charge in [0.05, 0.1) is 5.02 Å². The summed E-state index contributed by atoms with van der Waals surface area (Å²) in [6.07, 6.45) is 4.34. The summed E-state index contributed by atoms with van der Waals surface area (Å²) in [5.74, 6) is -0.273. The van der Waals surface area contributed by atoms with E-state index in [9.17, 15) is 14.0 Å². The Morgan fingerprint density at radius 3 is 2.50 bits per heavy atom. The molecule has 1 saturated heterocycles. The molecule has 1 aromatic heterocycles. The van der Waals surface area contributed by atoms with Gasteiger partial charge in [0.25, 0.3) is 6.47 Å². The third-order valence-electron chi connectivity index (χ3n) is 5.37. The number of benzene rings is 2. The molecule has 1 aliphatic heterocycles. The molecule has 0 bridgehead atoms. The van der Waals surface area contributed by atoms with Gasteiger partial charge in [-0.1, -0.05) is 23.7 Å². The van der Waals surface area contributed by atoms with Crippen molar-refractivity contribution in [2.75, 3.05) is 13.1 Å². The molecule has 8 heteroatoms. The molecule has 2 aromatic carbocycles. The van der Waals surface area contributed by atoms with E-state index >= 15 is 0 Å². The molecule has 0 saturated carbocycles. The lowest BCUT2D eigenvalue weighted by Crippen LogP contribution is -2.35. The second kappa shape index (κ2) is 10.9. The lowest BCUT2D eigenvalue weighted by molar-refractivity contribution is -0.132. The smallest absolute Gasteiger partial charge is 0.336 e. The average molecular weight is 460 g/mol. The second-order valence-corrected chi connectivity index (χ2v) is 7.89. The maximum absolute atomic E-state index is 13.4. The van der Waals surface area contributed by atoms with Gasteiger partial charge in [0.2, 0.25) is 5.91 Å². The van der Waals surface area contributed by atoms with Gasteiger partial charge in [-0.05, 0) is 55.5 Å². The highest BCUT2D eigenvalue weighted by Gasteiger charge is 2.17. The summed E-state index contributed by atoms with van der Waals surface area (Å²) in [5.41, 5.74) is 2.01. The van der Waals surface area contributed by atoms with E-state index in [0.29, 0.717) is 34.9 Å².